The molecule has 0 spiro atoms. The molecule has 5 heteroatoms. The van der Waals surface area contributed by atoms with E-state index >= 15 is 0 Å². The Kier molecular flexibility index (Phi) is 7.59. The highest BCUT2D eigenvalue weighted by atomic mass is 16.4. The SMILES string of the molecule is CC(C)(C)[C@H](NC(=O)CCCCCCN)C(=O)O. The lowest BCUT2D eigenvalue weighted by atomic mass is 9.86. The van der Waals surface area contributed by atoms with E-state index in [1.165, 1.54) is 0 Å². The minimum absolute atomic E-state index is 0.190. The molecule has 5 nitrogen and oxygen atoms in total. The van der Waals surface area contributed by atoms with Crippen LogP contribution in [0.15, 0.2) is 0 Å². The fourth-order valence-corrected chi connectivity index (χ4v) is 1.67. The zero-order valence-electron chi connectivity index (χ0n) is 11.7. The molecule has 0 aromatic carbocycles. The topological polar surface area (TPSA) is 92.4 Å². The van der Waals surface area contributed by atoms with Crippen LogP contribution in [0, 0.1) is 5.41 Å². The molecule has 0 aromatic heterocycles. The summed E-state index contributed by atoms with van der Waals surface area (Å²) in [5.41, 5.74) is 4.89. The van der Waals surface area contributed by atoms with Gasteiger partial charge in [0.1, 0.15) is 6.04 Å². The monoisotopic (exact) mass is 258 g/mol. The highest BCUT2D eigenvalue weighted by molar-refractivity contribution is 5.84. The van der Waals surface area contributed by atoms with Crippen LogP contribution in [0.25, 0.3) is 0 Å². The number of aliphatic carboxylic acids is 1. The van der Waals surface area contributed by atoms with Gasteiger partial charge < -0.3 is 16.2 Å². The van der Waals surface area contributed by atoms with Crippen LogP contribution < -0.4 is 11.1 Å². The highest BCUT2D eigenvalue weighted by Crippen LogP contribution is 2.19. The predicted molar refractivity (Wildman–Crippen MR) is 71.2 cm³/mol. The van der Waals surface area contributed by atoms with Gasteiger partial charge in [0, 0.05) is 6.42 Å². The van der Waals surface area contributed by atoms with Crippen molar-refractivity contribution in [2.75, 3.05) is 6.54 Å². The number of hydrogen-bond donors (Lipinski definition) is 3. The highest BCUT2D eigenvalue weighted by Gasteiger charge is 2.32. The average Bonchev–Trinajstić information content (AvgIpc) is 2.23. The summed E-state index contributed by atoms with van der Waals surface area (Å²) >= 11 is 0. The van der Waals surface area contributed by atoms with Gasteiger partial charge in [-0.2, -0.15) is 0 Å². The largest absolute Gasteiger partial charge is 0.480 e. The smallest absolute Gasteiger partial charge is 0.326 e. The van der Waals surface area contributed by atoms with E-state index in [0.717, 1.165) is 25.7 Å². The first-order valence-electron chi connectivity index (χ1n) is 6.51. The first-order valence-corrected chi connectivity index (χ1v) is 6.51. The minimum atomic E-state index is -0.987. The van der Waals surface area contributed by atoms with Crippen molar-refractivity contribution in [2.24, 2.45) is 11.1 Å². The van der Waals surface area contributed by atoms with E-state index in [-0.39, 0.29) is 5.91 Å². The molecule has 0 rings (SSSR count). The van der Waals surface area contributed by atoms with E-state index in [0.29, 0.717) is 13.0 Å². The van der Waals surface area contributed by atoms with Crippen LogP contribution in [0.4, 0.5) is 0 Å². The second-order valence-corrected chi connectivity index (χ2v) is 5.66. The van der Waals surface area contributed by atoms with Gasteiger partial charge in [0.05, 0.1) is 0 Å². The molecule has 4 N–H and O–H groups in total. The zero-order valence-corrected chi connectivity index (χ0v) is 11.7. The predicted octanol–water partition coefficient (Wildman–Crippen LogP) is 1.51. The van der Waals surface area contributed by atoms with Gasteiger partial charge in [-0.3, -0.25) is 4.79 Å². The summed E-state index contributed by atoms with van der Waals surface area (Å²) in [6, 6.07) is -0.839. The van der Waals surface area contributed by atoms with Gasteiger partial charge in [0.15, 0.2) is 0 Å². The van der Waals surface area contributed by atoms with Gasteiger partial charge >= 0.3 is 5.97 Å². The standard InChI is InChI=1S/C13H26N2O3/c1-13(2,3)11(12(17)18)15-10(16)8-6-4-5-7-9-14/h11H,4-9,14H2,1-3H3,(H,15,16)(H,17,18)/t11-/m1/s1. The number of hydrogen-bond acceptors (Lipinski definition) is 3. The number of unbranched alkanes of at least 4 members (excludes halogenated alkanes) is 3. The second-order valence-electron chi connectivity index (χ2n) is 5.66. The number of carboxylic acids is 1. The number of carbonyl (C=O) groups excluding carboxylic acids is 1. The first-order chi connectivity index (χ1) is 8.29. The van der Waals surface area contributed by atoms with Crippen LogP contribution in [-0.4, -0.2) is 29.6 Å². The molecule has 0 heterocycles. The Balaban J connectivity index is 4.01. The summed E-state index contributed by atoms with van der Waals surface area (Å²) in [4.78, 5) is 22.7. The van der Waals surface area contributed by atoms with Crippen LogP contribution >= 0.6 is 0 Å². The number of rotatable bonds is 8. The van der Waals surface area contributed by atoms with Crippen molar-refractivity contribution in [3.8, 4) is 0 Å². The Morgan fingerprint density at radius 3 is 2.17 bits per heavy atom. The molecule has 0 aliphatic rings. The van der Waals surface area contributed by atoms with Crippen LogP contribution in [-0.2, 0) is 9.59 Å². The number of amides is 1. The Bertz CT molecular complexity index is 272. The van der Waals surface area contributed by atoms with Crippen LogP contribution in [0.3, 0.4) is 0 Å². The molecular formula is C13H26N2O3. The maximum absolute atomic E-state index is 11.6. The van der Waals surface area contributed by atoms with Crippen LogP contribution in [0.2, 0.25) is 0 Å². The summed E-state index contributed by atoms with van der Waals surface area (Å²) in [6.45, 7) is 6.07. The first kappa shape index (κ1) is 16.9. The van der Waals surface area contributed by atoms with E-state index in [1.807, 2.05) is 0 Å². The minimum Gasteiger partial charge on any atom is -0.480 e. The molecular weight excluding hydrogens is 232 g/mol. The Labute approximate surface area is 109 Å². The van der Waals surface area contributed by atoms with E-state index in [9.17, 15) is 9.59 Å². The lowest BCUT2D eigenvalue weighted by Crippen LogP contribution is -2.49. The van der Waals surface area contributed by atoms with E-state index in [4.69, 9.17) is 10.8 Å². The molecule has 18 heavy (non-hydrogen) atoms. The van der Waals surface area contributed by atoms with Gasteiger partial charge in [-0.15, -0.1) is 0 Å². The lowest BCUT2D eigenvalue weighted by molar-refractivity contribution is -0.144. The van der Waals surface area contributed by atoms with Gasteiger partial charge in [-0.05, 0) is 24.8 Å². The van der Waals surface area contributed by atoms with Gasteiger partial charge in [-0.1, -0.05) is 33.6 Å². The normalized spacial score (nSPS) is 13.1. The van der Waals surface area contributed by atoms with Crippen molar-refractivity contribution in [3.63, 3.8) is 0 Å². The summed E-state index contributed by atoms with van der Waals surface area (Å²) in [7, 11) is 0. The number of carboxylic acid groups (broad SMARTS) is 1. The van der Waals surface area contributed by atoms with Gasteiger partial charge in [0.25, 0.3) is 0 Å². The lowest BCUT2D eigenvalue weighted by Gasteiger charge is -2.27. The third kappa shape index (κ3) is 7.27. The summed E-state index contributed by atoms with van der Waals surface area (Å²) in [5.74, 6) is -1.18. The maximum Gasteiger partial charge on any atom is 0.326 e. The average molecular weight is 258 g/mol. The third-order valence-corrected chi connectivity index (χ3v) is 2.78. The number of nitrogens with two attached hydrogens (primary N) is 1. The van der Waals surface area contributed by atoms with E-state index in [1.54, 1.807) is 20.8 Å². The molecule has 106 valence electrons. The van der Waals surface area contributed by atoms with Crippen LogP contribution in [0.1, 0.15) is 52.9 Å². The van der Waals surface area contributed by atoms with Crippen molar-refractivity contribution >= 4 is 11.9 Å². The number of nitrogens with one attached hydrogen (secondary N) is 1. The molecule has 0 fully saturated rings. The molecule has 0 bridgehead atoms. The summed E-state index contributed by atoms with van der Waals surface area (Å²) < 4.78 is 0. The zero-order chi connectivity index (χ0) is 14.2. The van der Waals surface area contributed by atoms with Crippen LogP contribution in [0.5, 0.6) is 0 Å². The quantitative estimate of drug-likeness (QED) is 0.575. The van der Waals surface area contributed by atoms with Crippen molar-refractivity contribution in [1.82, 2.24) is 5.32 Å². The van der Waals surface area contributed by atoms with Crippen molar-refractivity contribution in [3.05, 3.63) is 0 Å². The second kappa shape index (κ2) is 8.08. The van der Waals surface area contributed by atoms with Gasteiger partial charge in [-0.25, -0.2) is 4.79 Å². The van der Waals surface area contributed by atoms with Crippen molar-refractivity contribution < 1.29 is 14.7 Å². The summed E-state index contributed by atoms with van der Waals surface area (Å²) in [6.07, 6.45) is 4.11. The fourth-order valence-electron chi connectivity index (χ4n) is 1.67. The fraction of sp³-hybridized carbons (Fsp3) is 0.846. The Morgan fingerprint density at radius 1 is 1.17 bits per heavy atom. The molecule has 0 aliphatic carbocycles. The Morgan fingerprint density at radius 2 is 1.72 bits per heavy atom. The summed E-state index contributed by atoms with van der Waals surface area (Å²) in [5, 5.41) is 11.7. The molecule has 0 saturated heterocycles. The van der Waals surface area contributed by atoms with E-state index < -0.39 is 17.4 Å². The van der Waals surface area contributed by atoms with Crippen molar-refractivity contribution in [2.45, 2.75) is 58.9 Å². The Hall–Kier alpha value is -1.10. The van der Waals surface area contributed by atoms with Gasteiger partial charge in [0.2, 0.25) is 5.91 Å². The maximum atomic E-state index is 11.6. The molecule has 0 aromatic rings. The molecule has 1 atom stereocenters. The molecule has 0 unspecified atom stereocenters. The molecule has 1 amide bonds. The third-order valence-electron chi connectivity index (χ3n) is 2.78. The van der Waals surface area contributed by atoms with Crippen molar-refractivity contribution in [1.29, 1.82) is 0 Å². The molecule has 0 saturated carbocycles. The molecule has 0 aliphatic heterocycles. The number of carbonyl (C=O) groups is 2. The molecule has 0 radical (unpaired) electrons. The van der Waals surface area contributed by atoms with E-state index in [2.05, 4.69) is 5.32 Å².